The highest BCUT2D eigenvalue weighted by atomic mass is 19.3. The van der Waals surface area contributed by atoms with E-state index >= 15 is 0 Å². The molecule has 0 atom stereocenters. The molecule has 1 aliphatic rings. The predicted molar refractivity (Wildman–Crippen MR) is 109 cm³/mol. The number of hydrogen-bond donors (Lipinski definition) is 2. The van der Waals surface area contributed by atoms with E-state index in [4.69, 9.17) is 4.74 Å². The molecule has 0 aliphatic carbocycles. The zero-order valence-corrected chi connectivity index (χ0v) is 16.5. The molecule has 2 aromatic heterocycles. The molecule has 2 N–H and O–H groups in total. The summed E-state index contributed by atoms with van der Waals surface area (Å²) in [5, 5.41) is 0.876. The van der Waals surface area contributed by atoms with Crippen molar-refractivity contribution in [3.05, 3.63) is 64.6 Å². The van der Waals surface area contributed by atoms with Crippen LogP contribution in [0.4, 0.5) is 8.78 Å². The van der Waals surface area contributed by atoms with Gasteiger partial charge in [0.2, 0.25) is 0 Å². The Morgan fingerprint density at radius 1 is 1.10 bits per heavy atom. The van der Waals surface area contributed by atoms with Gasteiger partial charge >= 0.3 is 5.97 Å². The molecular weight excluding hydrogens is 406 g/mol. The monoisotopic (exact) mass is 424 g/mol. The third-order valence-electron chi connectivity index (χ3n) is 5.64. The Morgan fingerprint density at radius 3 is 2.68 bits per heavy atom. The molecule has 0 fully saturated rings. The van der Waals surface area contributed by atoms with Crippen LogP contribution in [0.3, 0.4) is 0 Å². The van der Waals surface area contributed by atoms with Crippen molar-refractivity contribution in [3.63, 3.8) is 0 Å². The molecule has 7 nitrogen and oxygen atoms in total. The van der Waals surface area contributed by atoms with Crippen molar-refractivity contribution >= 4 is 33.8 Å². The van der Waals surface area contributed by atoms with Crippen LogP contribution in [0.5, 0.6) is 0 Å². The first kappa shape index (κ1) is 19.2. The molecule has 0 bridgehead atoms. The van der Waals surface area contributed by atoms with Gasteiger partial charge in [0, 0.05) is 47.2 Å². The fraction of sp³-hybridized carbons (Fsp3) is 0.227. The zero-order chi connectivity index (χ0) is 21.7. The Kier molecular flexibility index (Phi) is 4.46. The molecule has 0 saturated heterocycles. The number of imidazole rings is 1. The van der Waals surface area contributed by atoms with E-state index in [0.29, 0.717) is 41.7 Å². The SMILES string of the molecule is COC(=O)c1ccc2[nH]c3c(c2c1)CN(C(=O)c1ccc2nc(C(F)F)[nH]c2c1)CC3. The summed E-state index contributed by atoms with van der Waals surface area (Å²) in [6.45, 7) is 0.897. The minimum atomic E-state index is -2.70. The van der Waals surface area contributed by atoms with Crippen LogP contribution in [-0.2, 0) is 17.7 Å². The van der Waals surface area contributed by atoms with Crippen LogP contribution in [0.25, 0.3) is 21.9 Å². The number of aromatic nitrogens is 3. The number of halogens is 2. The summed E-state index contributed by atoms with van der Waals surface area (Å²) in [6.07, 6.45) is -2.06. The van der Waals surface area contributed by atoms with E-state index in [1.807, 2.05) is 6.07 Å². The number of hydrogen-bond acceptors (Lipinski definition) is 4. The van der Waals surface area contributed by atoms with Gasteiger partial charge in [-0.2, -0.15) is 0 Å². The first-order valence-electron chi connectivity index (χ1n) is 9.73. The molecule has 3 heterocycles. The second-order valence-electron chi connectivity index (χ2n) is 7.47. The van der Waals surface area contributed by atoms with Crippen molar-refractivity contribution in [1.29, 1.82) is 0 Å². The number of methoxy groups -OCH3 is 1. The smallest absolute Gasteiger partial charge is 0.337 e. The molecule has 4 aromatic rings. The molecule has 1 amide bonds. The maximum Gasteiger partial charge on any atom is 0.337 e. The number of H-pyrrole nitrogens is 2. The summed E-state index contributed by atoms with van der Waals surface area (Å²) in [6, 6.07) is 10.0. The molecule has 0 radical (unpaired) electrons. The average Bonchev–Trinajstić information content (AvgIpc) is 3.38. The van der Waals surface area contributed by atoms with Crippen LogP contribution in [0.1, 0.15) is 44.2 Å². The first-order chi connectivity index (χ1) is 14.9. The van der Waals surface area contributed by atoms with E-state index in [9.17, 15) is 18.4 Å². The number of fused-ring (bicyclic) bond motifs is 4. The Bertz CT molecular complexity index is 1340. The van der Waals surface area contributed by atoms with Crippen LogP contribution in [0.15, 0.2) is 36.4 Å². The number of benzene rings is 2. The van der Waals surface area contributed by atoms with E-state index in [1.54, 1.807) is 35.2 Å². The van der Waals surface area contributed by atoms with Gasteiger partial charge in [-0.15, -0.1) is 0 Å². The van der Waals surface area contributed by atoms with E-state index in [1.165, 1.54) is 7.11 Å². The minimum Gasteiger partial charge on any atom is -0.465 e. The van der Waals surface area contributed by atoms with Gasteiger partial charge in [0.05, 0.1) is 23.7 Å². The molecule has 0 unspecified atom stereocenters. The van der Waals surface area contributed by atoms with Crippen LogP contribution in [0.2, 0.25) is 0 Å². The van der Waals surface area contributed by atoms with Crippen LogP contribution in [-0.4, -0.2) is 45.4 Å². The van der Waals surface area contributed by atoms with Gasteiger partial charge in [-0.25, -0.2) is 18.6 Å². The van der Waals surface area contributed by atoms with Crippen molar-refractivity contribution in [2.24, 2.45) is 0 Å². The third kappa shape index (κ3) is 3.22. The highest BCUT2D eigenvalue weighted by molar-refractivity contribution is 5.99. The molecule has 1 aliphatic heterocycles. The van der Waals surface area contributed by atoms with E-state index in [0.717, 1.165) is 22.2 Å². The van der Waals surface area contributed by atoms with Gasteiger partial charge in [-0.05, 0) is 36.4 Å². The largest absolute Gasteiger partial charge is 0.465 e. The van der Waals surface area contributed by atoms with Crippen LogP contribution >= 0.6 is 0 Å². The second-order valence-corrected chi connectivity index (χ2v) is 7.47. The summed E-state index contributed by atoms with van der Waals surface area (Å²) in [4.78, 5) is 36.5. The number of nitrogens with one attached hydrogen (secondary N) is 2. The second kappa shape index (κ2) is 7.19. The van der Waals surface area contributed by atoms with Crippen molar-refractivity contribution in [3.8, 4) is 0 Å². The van der Waals surface area contributed by atoms with Crippen molar-refractivity contribution in [2.45, 2.75) is 19.4 Å². The van der Waals surface area contributed by atoms with Gasteiger partial charge in [-0.1, -0.05) is 0 Å². The van der Waals surface area contributed by atoms with E-state index in [2.05, 4.69) is 15.0 Å². The van der Waals surface area contributed by atoms with E-state index < -0.39 is 18.2 Å². The lowest BCUT2D eigenvalue weighted by Gasteiger charge is -2.27. The van der Waals surface area contributed by atoms with Crippen molar-refractivity contribution in [2.75, 3.05) is 13.7 Å². The molecule has 2 aromatic carbocycles. The molecule has 5 rings (SSSR count). The quantitative estimate of drug-likeness (QED) is 0.487. The van der Waals surface area contributed by atoms with Crippen LogP contribution in [0, 0.1) is 0 Å². The Morgan fingerprint density at radius 2 is 1.90 bits per heavy atom. The van der Waals surface area contributed by atoms with Gasteiger partial charge in [0.1, 0.15) is 0 Å². The number of carbonyl (C=O) groups excluding carboxylic acids is 2. The number of nitrogens with zero attached hydrogens (tertiary/aromatic N) is 2. The standard InChI is InChI=1S/C22H18F2N4O3/c1-31-22(30)12-3-4-15-13(8-12)14-10-28(7-6-16(14)25-15)21(29)11-2-5-17-18(9-11)27-20(26-17)19(23)24/h2-5,8-9,19,25H,6-7,10H2,1H3,(H,26,27). The summed E-state index contributed by atoms with van der Waals surface area (Å²) in [7, 11) is 1.33. The first-order valence-corrected chi connectivity index (χ1v) is 9.73. The molecule has 158 valence electrons. The van der Waals surface area contributed by atoms with Gasteiger partial charge < -0.3 is 19.6 Å². The number of rotatable bonds is 3. The molecule has 31 heavy (non-hydrogen) atoms. The topological polar surface area (TPSA) is 91.1 Å². The van der Waals surface area contributed by atoms with Gasteiger partial charge in [0.25, 0.3) is 12.3 Å². The summed E-state index contributed by atoms with van der Waals surface area (Å²) >= 11 is 0. The summed E-state index contributed by atoms with van der Waals surface area (Å²) in [5.41, 5.74) is 4.52. The molecule has 9 heteroatoms. The third-order valence-corrected chi connectivity index (χ3v) is 5.64. The minimum absolute atomic E-state index is 0.195. The molecular formula is C22H18F2N4O3. The number of amides is 1. The maximum absolute atomic E-state index is 13.1. The lowest BCUT2D eigenvalue weighted by molar-refractivity contribution is 0.0600. The lowest BCUT2D eigenvalue weighted by atomic mass is 10.0. The average molecular weight is 424 g/mol. The Hall–Kier alpha value is -3.75. The molecule has 0 spiro atoms. The Labute approximate surface area is 175 Å². The fourth-order valence-corrected chi connectivity index (χ4v) is 4.08. The number of carbonyl (C=O) groups is 2. The zero-order valence-electron chi connectivity index (χ0n) is 16.5. The summed E-state index contributed by atoms with van der Waals surface area (Å²) in [5.74, 6) is -1.03. The fourth-order valence-electron chi connectivity index (χ4n) is 4.08. The predicted octanol–water partition coefficient (Wildman–Crippen LogP) is 3.97. The molecule has 0 saturated carbocycles. The number of esters is 1. The Balaban J connectivity index is 1.46. The number of ether oxygens (including phenoxy) is 1. The normalized spacial score (nSPS) is 13.7. The number of aromatic amines is 2. The highest BCUT2D eigenvalue weighted by Crippen LogP contribution is 2.30. The lowest BCUT2D eigenvalue weighted by Crippen LogP contribution is -2.35. The van der Waals surface area contributed by atoms with Gasteiger partial charge in [-0.3, -0.25) is 4.79 Å². The van der Waals surface area contributed by atoms with Gasteiger partial charge in [0.15, 0.2) is 5.82 Å². The van der Waals surface area contributed by atoms with Crippen molar-refractivity contribution in [1.82, 2.24) is 19.9 Å². The number of alkyl halides is 2. The maximum atomic E-state index is 13.1. The van der Waals surface area contributed by atoms with Crippen LogP contribution < -0.4 is 0 Å². The van der Waals surface area contributed by atoms with Crippen molar-refractivity contribution < 1.29 is 23.1 Å². The highest BCUT2D eigenvalue weighted by Gasteiger charge is 2.26. The summed E-state index contributed by atoms with van der Waals surface area (Å²) < 4.78 is 30.6. The van der Waals surface area contributed by atoms with E-state index in [-0.39, 0.29) is 5.91 Å².